The van der Waals surface area contributed by atoms with Crippen molar-refractivity contribution >= 4 is 27.7 Å². The zero-order valence-corrected chi connectivity index (χ0v) is 21.1. The summed E-state index contributed by atoms with van der Waals surface area (Å²) in [6, 6.07) is 7.87. The van der Waals surface area contributed by atoms with Crippen LogP contribution >= 0.6 is 15.9 Å². The number of hydrogen-bond acceptors (Lipinski definition) is 5. The van der Waals surface area contributed by atoms with Crippen molar-refractivity contribution in [3.05, 3.63) is 51.9 Å². The summed E-state index contributed by atoms with van der Waals surface area (Å²) in [7, 11) is 0. The van der Waals surface area contributed by atoms with Crippen molar-refractivity contribution < 1.29 is 9.90 Å². The van der Waals surface area contributed by atoms with Crippen LogP contribution in [0.2, 0.25) is 0 Å². The molecule has 1 atom stereocenters. The zero-order valence-electron chi connectivity index (χ0n) is 19.5. The molecule has 1 unspecified atom stereocenters. The van der Waals surface area contributed by atoms with E-state index in [-0.39, 0.29) is 17.4 Å². The highest BCUT2D eigenvalue weighted by atomic mass is 79.9. The number of aliphatic hydroxyl groups excluding tert-OH is 1. The standard InChI is InChI=1S/C27H33BrN4O2/c28-22-4-2-1-3-20(22)10-25(34)32-6-5-21-23(15-32)30-16-31-26(21)29-14-24(33)27-11-17-7-18(12-27)9-19(8-17)13-27/h1-4,16-19,24,33H,5-15H2,(H,29,30,31). The maximum absolute atomic E-state index is 12.9. The van der Waals surface area contributed by atoms with Gasteiger partial charge in [-0.15, -0.1) is 0 Å². The smallest absolute Gasteiger partial charge is 0.227 e. The fourth-order valence-corrected chi connectivity index (χ4v) is 8.06. The van der Waals surface area contributed by atoms with Gasteiger partial charge in [-0.1, -0.05) is 34.1 Å². The van der Waals surface area contributed by atoms with Gasteiger partial charge in [0.05, 0.1) is 24.8 Å². The van der Waals surface area contributed by atoms with Crippen LogP contribution in [0.4, 0.5) is 5.82 Å². The molecular weight excluding hydrogens is 492 g/mol. The van der Waals surface area contributed by atoms with E-state index in [1.54, 1.807) is 6.33 Å². The molecule has 180 valence electrons. The van der Waals surface area contributed by atoms with Gasteiger partial charge >= 0.3 is 0 Å². The molecule has 5 aliphatic rings. The van der Waals surface area contributed by atoms with Crippen molar-refractivity contribution in [2.24, 2.45) is 23.2 Å². The molecular formula is C27H33BrN4O2. The second-order valence-electron chi connectivity index (χ2n) is 11.2. The molecule has 6 nitrogen and oxygen atoms in total. The molecule has 4 fully saturated rings. The Kier molecular flexibility index (Phi) is 5.88. The first-order valence-electron chi connectivity index (χ1n) is 12.7. The lowest BCUT2D eigenvalue weighted by Crippen LogP contribution is -2.53. The van der Waals surface area contributed by atoms with Crippen molar-refractivity contribution in [3.63, 3.8) is 0 Å². The minimum absolute atomic E-state index is 0.101. The van der Waals surface area contributed by atoms with E-state index in [2.05, 4.69) is 31.2 Å². The highest BCUT2D eigenvalue weighted by Gasteiger charge is 2.53. The number of fused-ring (bicyclic) bond motifs is 1. The SMILES string of the molecule is O=C(Cc1ccccc1Br)N1CCc2c(ncnc2NCC(O)C23CC4CC(CC(C4)C2)C3)C1. The maximum Gasteiger partial charge on any atom is 0.227 e. The van der Waals surface area contributed by atoms with E-state index >= 15 is 0 Å². The number of anilines is 1. The van der Waals surface area contributed by atoms with Crippen LogP contribution in [-0.4, -0.2) is 45.1 Å². The van der Waals surface area contributed by atoms with E-state index in [0.29, 0.717) is 26.1 Å². The lowest BCUT2D eigenvalue weighted by atomic mass is 9.48. The van der Waals surface area contributed by atoms with Gasteiger partial charge in [-0.05, 0) is 79.7 Å². The Balaban J connectivity index is 1.11. The summed E-state index contributed by atoms with van der Waals surface area (Å²) in [6.07, 6.45) is 10.1. The third kappa shape index (κ3) is 4.15. The largest absolute Gasteiger partial charge is 0.391 e. The summed E-state index contributed by atoms with van der Waals surface area (Å²) in [5, 5.41) is 14.8. The van der Waals surface area contributed by atoms with E-state index in [1.807, 2.05) is 29.2 Å². The van der Waals surface area contributed by atoms with Crippen molar-refractivity contribution in [1.29, 1.82) is 0 Å². The Bertz CT molecular complexity index is 1050. The highest BCUT2D eigenvalue weighted by Crippen LogP contribution is 2.61. The number of amides is 1. The first-order valence-corrected chi connectivity index (χ1v) is 13.5. The second kappa shape index (κ2) is 8.90. The number of nitrogens with zero attached hydrogens (tertiary/aromatic N) is 3. The van der Waals surface area contributed by atoms with Crippen LogP contribution in [0.1, 0.15) is 55.3 Å². The van der Waals surface area contributed by atoms with Crippen LogP contribution in [-0.2, 0) is 24.2 Å². The van der Waals surface area contributed by atoms with Gasteiger partial charge < -0.3 is 15.3 Å². The predicted molar refractivity (Wildman–Crippen MR) is 134 cm³/mol. The molecule has 4 bridgehead atoms. The molecule has 1 aliphatic heterocycles. The Morgan fingerprint density at radius 2 is 1.85 bits per heavy atom. The van der Waals surface area contributed by atoms with E-state index < -0.39 is 0 Å². The number of carbonyl (C=O) groups is 1. The van der Waals surface area contributed by atoms with Crippen LogP contribution < -0.4 is 5.32 Å². The molecule has 4 aliphatic carbocycles. The highest BCUT2D eigenvalue weighted by molar-refractivity contribution is 9.10. The molecule has 4 saturated carbocycles. The van der Waals surface area contributed by atoms with Gasteiger partial charge in [0.15, 0.2) is 0 Å². The first-order chi connectivity index (χ1) is 16.5. The van der Waals surface area contributed by atoms with Crippen molar-refractivity contribution in [2.45, 2.75) is 64.0 Å². The molecule has 1 amide bonds. The topological polar surface area (TPSA) is 78.4 Å². The fourth-order valence-electron chi connectivity index (χ4n) is 7.63. The molecule has 7 heteroatoms. The van der Waals surface area contributed by atoms with Crippen molar-refractivity contribution in [2.75, 3.05) is 18.4 Å². The molecule has 0 spiro atoms. The number of aliphatic hydroxyl groups is 1. The molecule has 1 aromatic carbocycles. The Labute approximate surface area is 209 Å². The third-order valence-electron chi connectivity index (χ3n) is 8.91. The van der Waals surface area contributed by atoms with Gasteiger partial charge in [0.1, 0.15) is 12.1 Å². The number of nitrogens with one attached hydrogen (secondary N) is 1. The van der Waals surface area contributed by atoms with Crippen LogP contribution in [0.15, 0.2) is 35.1 Å². The molecule has 2 aromatic rings. The number of benzene rings is 1. The van der Waals surface area contributed by atoms with E-state index in [4.69, 9.17) is 0 Å². The Morgan fingerprint density at radius 1 is 1.15 bits per heavy atom. The zero-order chi connectivity index (χ0) is 23.3. The molecule has 7 rings (SSSR count). The van der Waals surface area contributed by atoms with Gasteiger partial charge in [-0.2, -0.15) is 0 Å². The molecule has 0 radical (unpaired) electrons. The molecule has 2 heterocycles. The van der Waals surface area contributed by atoms with Crippen LogP contribution in [0.5, 0.6) is 0 Å². The monoisotopic (exact) mass is 524 g/mol. The molecule has 2 N–H and O–H groups in total. The summed E-state index contributed by atoms with van der Waals surface area (Å²) < 4.78 is 0.965. The lowest BCUT2D eigenvalue weighted by Gasteiger charge is -2.58. The van der Waals surface area contributed by atoms with Crippen LogP contribution in [0.3, 0.4) is 0 Å². The van der Waals surface area contributed by atoms with Gasteiger partial charge in [-0.25, -0.2) is 9.97 Å². The van der Waals surface area contributed by atoms with Crippen molar-refractivity contribution in [1.82, 2.24) is 14.9 Å². The summed E-state index contributed by atoms with van der Waals surface area (Å²) in [6.45, 7) is 1.71. The first kappa shape index (κ1) is 22.5. The number of carbonyl (C=O) groups excluding carboxylic acids is 1. The average Bonchev–Trinajstić information content (AvgIpc) is 2.82. The summed E-state index contributed by atoms with van der Waals surface area (Å²) in [5.41, 5.74) is 3.10. The predicted octanol–water partition coefficient (Wildman–Crippen LogP) is 4.36. The minimum atomic E-state index is -0.336. The summed E-state index contributed by atoms with van der Waals surface area (Å²) in [4.78, 5) is 23.9. The number of rotatable bonds is 6. The normalized spacial score (nSPS) is 30.2. The van der Waals surface area contributed by atoms with Gasteiger partial charge in [0.25, 0.3) is 0 Å². The van der Waals surface area contributed by atoms with E-state index in [9.17, 15) is 9.90 Å². The van der Waals surface area contributed by atoms with Crippen molar-refractivity contribution in [3.8, 4) is 0 Å². The summed E-state index contributed by atoms with van der Waals surface area (Å²) >= 11 is 3.54. The van der Waals surface area contributed by atoms with Gasteiger partial charge in [0, 0.05) is 23.1 Å². The van der Waals surface area contributed by atoms with Gasteiger partial charge in [-0.3, -0.25) is 4.79 Å². The third-order valence-corrected chi connectivity index (χ3v) is 9.69. The van der Waals surface area contributed by atoms with Crippen LogP contribution in [0, 0.1) is 23.2 Å². The average molecular weight is 525 g/mol. The minimum Gasteiger partial charge on any atom is -0.391 e. The number of aromatic nitrogens is 2. The maximum atomic E-state index is 12.9. The number of hydrogen-bond donors (Lipinski definition) is 2. The quantitative estimate of drug-likeness (QED) is 0.586. The Hall–Kier alpha value is -1.99. The van der Waals surface area contributed by atoms with Gasteiger partial charge in [0.2, 0.25) is 5.91 Å². The Morgan fingerprint density at radius 3 is 2.56 bits per heavy atom. The molecule has 1 aromatic heterocycles. The molecule has 0 saturated heterocycles. The molecule has 34 heavy (non-hydrogen) atoms. The van der Waals surface area contributed by atoms with Crippen LogP contribution in [0.25, 0.3) is 0 Å². The summed E-state index contributed by atoms with van der Waals surface area (Å²) in [5.74, 6) is 3.42. The fraction of sp³-hybridized carbons (Fsp3) is 0.593. The number of halogens is 1. The lowest BCUT2D eigenvalue weighted by molar-refractivity contribution is -0.131. The van der Waals surface area contributed by atoms with E-state index in [1.165, 1.54) is 38.5 Å². The van der Waals surface area contributed by atoms with E-state index in [0.717, 1.165) is 51.3 Å². The second-order valence-corrected chi connectivity index (χ2v) is 12.0.